The van der Waals surface area contributed by atoms with Crippen LogP contribution < -0.4 is 4.72 Å². The number of nitrogens with one attached hydrogen (secondary N) is 1. The summed E-state index contributed by atoms with van der Waals surface area (Å²) in [5.41, 5.74) is -1.25. The van der Waals surface area contributed by atoms with Crippen molar-refractivity contribution < 1.29 is 22.9 Å². The van der Waals surface area contributed by atoms with E-state index in [1.807, 2.05) is 0 Å². The molecule has 0 saturated carbocycles. The maximum atomic E-state index is 14.8. The van der Waals surface area contributed by atoms with Gasteiger partial charge in [0, 0.05) is 17.6 Å². The van der Waals surface area contributed by atoms with Crippen molar-refractivity contribution in [3.8, 4) is 0 Å². The van der Waals surface area contributed by atoms with Crippen molar-refractivity contribution >= 4 is 17.3 Å². The summed E-state index contributed by atoms with van der Waals surface area (Å²) >= 11 is -1.73. The van der Waals surface area contributed by atoms with Gasteiger partial charge in [0.15, 0.2) is 0 Å². The molecule has 0 radical (unpaired) electrons. The number of nitrogens with zero attached hydrogens (tertiary/aromatic N) is 1. The number of carbonyl (C=O) groups is 1. The van der Waals surface area contributed by atoms with Crippen LogP contribution in [0.4, 0.5) is 8.78 Å². The average Bonchev–Trinajstić information content (AvgIpc) is 2.62. The van der Waals surface area contributed by atoms with Gasteiger partial charge in [-0.05, 0) is 57.0 Å². The summed E-state index contributed by atoms with van der Waals surface area (Å²) in [6.45, 7) is 6.76. The number of methoxy groups -OCH3 is 1. The van der Waals surface area contributed by atoms with Crippen LogP contribution in [0, 0.1) is 18.6 Å². The average molecular weight is 410 g/mol. The molecule has 152 valence electrons. The Balaban J connectivity index is 2.79. The molecule has 1 aromatic carbocycles. The molecular formula is C20H24F2N2O3S. The van der Waals surface area contributed by atoms with Gasteiger partial charge in [0.05, 0.1) is 13.5 Å². The van der Waals surface area contributed by atoms with Gasteiger partial charge in [-0.2, -0.15) is 0 Å². The van der Waals surface area contributed by atoms with Crippen molar-refractivity contribution in [2.75, 3.05) is 7.11 Å². The highest BCUT2D eigenvalue weighted by Crippen LogP contribution is 2.37. The summed E-state index contributed by atoms with van der Waals surface area (Å²) in [5, 5.41) is 0. The van der Waals surface area contributed by atoms with E-state index < -0.39 is 45.7 Å². The van der Waals surface area contributed by atoms with E-state index >= 15 is 0 Å². The molecule has 0 saturated heterocycles. The van der Waals surface area contributed by atoms with Gasteiger partial charge in [0.25, 0.3) is 0 Å². The molecule has 2 atom stereocenters. The maximum absolute atomic E-state index is 14.8. The SMILES string of the molecule is COC(=O)C[C@](N[S+]([O-])C(C)(C)C)(c1ccc(C)c(F)c1)c1ncccc1F. The van der Waals surface area contributed by atoms with Gasteiger partial charge in [-0.25, -0.2) is 8.78 Å². The fraction of sp³-hybridized carbons (Fsp3) is 0.400. The minimum atomic E-state index is -1.73. The number of carbonyl (C=O) groups excluding carboxylic acids is 1. The van der Waals surface area contributed by atoms with Gasteiger partial charge in [-0.3, -0.25) is 9.78 Å². The van der Waals surface area contributed by atoms with Crippen LogP contribution in [0.1, 0.15) is 44.0 Å². The van der Waals surface area contributed by atoms with Crippen LogP contribution in [0.25, 0.3) is 0 Å². The van der Waals surface area contributed by atoms with Crippen molar-refractivity contribution in [2.45, 2.75) is 44.4 Å². The standard InChI is InChI=1S/C20H24F2N2O3S/c1-13-8-9-14(11-16(13)22)20(12-17(25)27-5,24-28(26)19(2,3)4)18-15(21)7-6-10-23-18/h6-11,24H,12H2,1-5H3/t20-,28?/m0/s1. The number of benzene rings is 1. The number of halogens is 2. The van der Waals surface area contributed by atoms with E-state index in [0.717, 1.165) is 0 Å². The number of ether oxygens (including phenoxy) is 1. The predicted molar refractivity (Wildman–Crippen MR) is 104 cm³/mol. The summed E-state index contributed by atoms with van der Waals surface area (Å²) in [6, 6.07) is 6.85. The van der Waals surface area contributed by atoms with Crippen molar-refractivity contribution in [3.63, 3.8) is 0 Å². The Morgan fingerprint density at radius 2 is 1.93 bits per heavy atom. The molecule has 0 aliphatic rings. The molecule has 0 aliphatic carbocycles. The lowest BCUT2D eigenvalue weighted by atomic mass is 9.83. The highest BCUT2D eigenvalue weighted by molar-refractivity contribution is 7.90. The minimum absolute atomic E-state index is 0.166. The fourth-order valence-corrected chi connectivity index (χ4v) is 3.53. The molecule has 0 bridgehead atoms. The Kier molecular flexibility index (Phi) is 6.80. The van der Waals surface area contributed by atoms with E-state index in [1.54, 1.807) is 33.8 Å². The van der Waals surface area contributed by atoms with Gasteiger partial charge in [0.1, 0.15) is 27.6 Å². The zero-order chi connectivity index (χ0) is 21.1. The lowest BCUT2D eigenvalue weighted by Gasteiger charge is -2.37. The van der Waals surface area contributed by atoms with E-state index in [1.165, 1.54) is 37.6 Å². The first-order chi connectivity index (χ1) is 13.0. The lowest BCUT2D eigenvalue weighted by Crippen LogP contribution is -2.54. The first-order valence-electron chi connectivity index (χ1n) is 8.65. The van der Waals surface area contributed by atoms with Crippen LogP contribution in [0.15, 0.2) is 36.5 Å². The number of pyridine rings is 1. The second kappa shape index (κ2) is 8.55. The van der Waals surface area contributed by atoms with Gasteiger partial charge < -0.3 is 9.29 Å². The van der Waals surface area contributed by atoms with Crippen LogP contribution >= 0.6 is 0 Å². The van der Waals surface area contributed by atoms with E-state index in [0.29, 0.717) is 5.56 Å². The third-order valence-electron chi connectivity index (χ3n) is 4.29. The molecule has 2 aromatic rings. The van der Waals surface area contributed by atoms with Gasteiger partial charge >= 0.3 is 5.97 Å². The zero-order valence-electron chi connectivity index (χ0n) is 16.5. The lowest BCUT2D eigenvalue weighted by molar-refractivity contribution is -0.142. The molecule has 1 unspecified atom stereocenters. The number of hydrogen-bond acceptors (Lipinski definition) is 5. The maximum Gasteiger partial charge on any atom is 0.308 e. The highest BCUT2D eigenvalue weighted by atomic mass is 32.2. The molecule has 1 aromatic heterocycles. The molecule has 1 N–H and O–H groups in total. The van der Waals surface area contributed by atoms with Crippen LogP contribution in [-0.4, -0.2) is 27.4 Å². The molecule has 0 amide bonds. The Bertz CT molecular complexity index is 858. The van der Waals surface area contributed by atoms with Crippen LogP contribution in [0.2, 0.25) is 0 Å². The number of aromatic nitrogens is 1. The normalized spacial score (nSPS) is 15.0. The molecule has 8 heteroatoms. The third-order valence-corrected chi connectivity index (χ3v) is 5.93. The quantitative estimate of drug-likeness (QED) is 0.583. The summed E-state index contributed by atoms with van der Waals surface area (Å²) in [6.07, 6.45) is 0.929. The summed E-state index contributed by atoms with van der Waals surface area (Å²) < 4.78 is 49.1. The number of aryl methyl sites for hydroxylation is 1. The van der Waals surface area contributed by atoms with Gasteiger partial charge in [-0.1, -0.05) is 12.1 Å². The van der Waals surface area contributed by atoms with E-state index in [9.17, 15) is 18.1 Å². The highest BCUT2D eigenvalue weighted by Gasteiger charge is 2.47. The Labute approximate surface area is 166 Å². The van der Waals surface area contributed by atoms with Crippen LogP contribution in [0.5, 0.6) is 0 Å². The number of esters is 1. The van der Waals surface area contributed by atoms with Crippen LogP contribution in [-0.2, 0) is 26.4 Å². The van der Waals surface area contributed by atoms with E-state index in [-0.39, 0.29) is 11.3 Å². The Morgan fingerprint density at radius 3 is 2.46 bits per heavy atom. The smallest absolute Gasteiger partial charge is 0.308 e. The first kappa shape index (κ1) is 22.3. The van der Waals surface area contributed by atoms with Gasteiger partial charge in [-0.15, -0.1) is 4.72 Å². The second-order valence-corrected chi connectivity index (χ2v) is 9.41. The second-order valence-electron chi connectivity index (χ2n) is 7.44. The molecule has 2 rings (SSSR count). The molecule has 0 aliphatic heterocycles. The first-order valence-corrected chi connectivity index (χ1v) is 9.80. The van der Waals surface area contributed by atoms with Crippen molar-refractivity contribution in [1.29, 1.82) is 0 Å². The largest absolute Gasteiger partial charge is 0.598 e. The monoisotopic (exact) mass is 410 g/mol. The summed E-state index contributed by atoms with van der Waals surface area (Å²) in [5.74, 6) is -1.94. The molecular weight excluding hydrogens is 386 g/mol. The van der Waals surface area contributed by atoms with Crippen molar-refractivity contribution in [3.05, 3.63) is 65.0 Å². The third kappa shape index (κ3) is 4.68. The molecule has 0 spiro atoms. The number of rotatable bonds is 6. The summed E-state index contributed by atoms with van der Waals surface area (Å²) in [4.78, 5) is 16.4. The Hall–Kier alpha value is -2.03. The van der Waals surface area contributed by atoms with Crippen molar-refractivity contribution in [2.24, 2.45) is 0 Å². The molecule has 1 heterocycles. The van der Waals surface area contributed by atoms with Crippen LogP contribution in [0.3, 0.4) is 0 Å². The van der Waals surface area contributed by atoms with E-state index in [4.69, 9.17) is 4.74 Å². The Morgan fingerprint density at radius 1 is 1.25 bits per heavy atom. The topological polar surface area (TPSA) is 74.3 Å². The van der Waals surface area contributed by atoms with Gasteiger partial charge in [0.2, 0.25) is 0 Å². The molecule has 28 heavy (non-hydrogen) atoms. The number of hydrogen-bond donors (Lipinski definition) is 1. The van der Waals surface area contributed by atoms with E-state index in [2.05, 4.69) is 9.71 Å². The summed E-state index contributed by atoms with van der Waals surface area (Å²) in [7, 11) is 1.19. The fourth-order valence-electron chi connectivity index (χ4n) is 2.62. The molecule has 5 nitrogen and oxygen atoms in total. The predicted octanol–water partition coefficient (Wildman–Crippen LogP) is 3.53. The minimum Gasteiger partial charge on any atom is -0.598 e. The zero-order valence-corrected chi connectivity index (χ0v) is 17.3. The molecule has 0 fully saturated rings. The van der Waals surface area contributed by atoms with Crippen molar-refractivity contribution in [1.82, 2.24) is 9.71 Å².